The van der Waals surface area contributed by atoms with Crippen LogP contribution in [0.5, 0.6) is 0 Å². The van der Waals surface area contributed by atoms with Crippen molar-refractivity contribution >= 4 is 38.4 Å². The Hall–Kier alpha value is -1.34. The highest BCUT2D eigenvalue weighted by Gasteiger charge is 2.50. The summed E-state index contributed by atoms with van der Waals surface area (Å²) in [5, 5.41) is 0.605. The molecule has 1 amide bonds. The smallest absolute Gasteiger partial charge is 0.250 e. The fraction of sp³-hybridized carbons (Fsp3) is 0.600. The van der Waals surface area contributed by atoms with E-state index in [1.807, 2.05) is 19.9 Å². The molecule has 0 bridgehead atoms. The number of carbonyl (C=O) groups is 1. The minimum atomic E-state index is -3.06. The molecule has 2 aliphatic heterocycles. The molecule has 3 rings (SSSR count). The van der Waals surface area contributed by atoms with Crippen LogP contribution in [0.15, 0.2) is 23.2 Å². The van der Waals surface area contributed by atoms with Crippen LogP contribution in [0.3, 0.4) is 0 Å². The van der Waals surface area contributed by atoms with Crippen LogP contribution < -0.4 is 4.90 Å². The fourth-order valence-corrected chi connectivity index (χ4v) is 7.63. The van der Waals surface area contributed by atoms with Gasteiger partial charge >= 0.3 is 0 Å². The predicted octanol–water partition coefficient (Wildman–Crippen LogP) is 3.46. The van der Waals surface area contributed by atoms with Gasteiger partial charge in [0.15, 0.2) is 15.0 Å². The summed E-state index contributed by atoms with van der Waals surface area (Å²) >= 11 is 1.46. The molecule has 0 radical (unpaired) electrons. The molecule has 2 aliphatic rings. The Morgan fingerprint density at radius 2 is 1.85 bits per heavy atom. The van der Waals surface area contributed by atoms with Crippen LogP contribution in [-0.2, 0) is 27.5 Å². The van der Waals surface area contributed by atoms with Gasteiger partial charge in [0.05, 0.1) is 17.5 Å². The van der Waals surface area contributed by atoms with Gasteiger partial charge in [0.25, 0.3) is 5.91 Å². The zero-order valence-corrected chi connectivity index (χ0v) is 18.1. The van der Waals surface area contributed by atoms with E-state index in [4.69, 9.17) is 0 Å². The summed E-state index contributed by atoms with van der Waals surface area (Å²) in [6.07, 6.45) is 2.44. The number of hydrogen-bond acceptors (Lipinski definition) is 4. The lowest BCUT2D eigenvalue weighted by atomic mass is 10.0. The molecule has 0 unspecified atom stereocenters. The number of rotatable bonds is 5. The van der Waals surface area contributed by atoms with Crippen LogP contribution in [0.4, 0.5) is 5.69 Å². The predicted molar refractivity (Wildman–Crippen MR) is 113 cm³/mol. The molecule has 0 saturated carbocycles. The van der Waals surface area contributed by atoms with Gasteiger partial charge in [-0.15, -0.1) is 0 Å². The van der Waals surface area contributed by atoms with Crippen LogP contribution in [0.1, 0.15) is 45.2 Å². The lowest BCUT2D eigenvalue weighted by molar-refractivity contribution is -0.121. The number of amides is 1. The highest BCUT2D eigenvalue weighted by Crippen LogP contribution is 2.43. The Labute approximate surface area is 166 Å². The maximum atomic E-state index is 12.5. The van der Waals surface area contributed by atoms with Gasteiger partial charge in [-0.05, 0) is 30.4 Å². The Morgan fingerprint density at radius 3 is 2.41 bits per heavy atom. The molecular formula is C20H28N2O3S2. The Morgan fingerprint density at radius 1 is 1.22 bits per heavy atom. The van der Waals surface area contributed by atoms with Gasteiger partial charge in [0.2, 0.25) is 0 Å². The molecule has 1 aromatic carbocycles. The molecule has 148 valence electrons. The number of nitrogens with zero attached hydrogens (tertiary/aromatic N) is 2. The molecular weight excluding hydrogens is 380 g/mol. The lowest BCUT2D eigenvalue weighted by Gasteiger charge is -2.29. The number of hydrogen-bond donors (Lipinski definition) is 0. The molecule has 0 N–H and O–H groups in total. The molecule has 5 nitrogen and oxygen atoms in total. The molecule has 3 atom stereocenters. The molecule has 2 saturated heterocycles. The van der Waals surface area contributed by atoms with E-state index in [1.165, 1.54) is 22.9 Å². The fourth-order valence-electron chi connectivity index (χ4n) is 3.73. The monoisotopic (exact) mass is 408 g/mol. The number of aryl methyl sites for hydroxylation is 2. The number of carbonyl (C=O) groups excluding carboxylic acids is 1. The number of para-hydroxylation sites is 1. The van der Waals surface area contributed by atoms with Crippen molar-refractivity contribution in [3.8, 4) is 0 Å². The summed E-state index contributed by atoms with van der Waals surface area (Å²) in [4.78, 5) is 19.0. The number of amidine groups is 1. The second kappa shape index (κ2) is 7.95. The Bertz CT molecular complexity index is 842. The number of aliphatic imine (C=N–C) groups is 1. The summed E-state index contributed by atoms with van der Waals surface area (Å²) < 4.78 is 24.5. The first-order chi connectivity index (χ1) is 12.8. The van der Waals surface area contributed by atoms with Crippen LogP contribution >= 0.6 is 11.8 Å². The highest BCUT2D eigenvalue weighted by molar-refractivity contribution is 8.16. The van der Waals surface area contributed by atoms with Gasteiger partial charge < -0.3 is 4.90 Å². The normalized spacial score (nSPS) is 26.4. The largest absolute Gasteiger partial charge is 0.315 e. The van der Waals surface area contributed by atoms with Gasteiger partial charge in [-0.2, -0.15) is 4.99 Å². The lowest BCUT2D eigenvalue weighted by Crippen LogP contribution is -2.39. The summed E-state index contributed by atoms with van der Waals surface area (Å²) in [5.74, 6) is 0.0316. The van der Waals surface area contributed by atoms with Crippen molar-refractivity contribution in [3.63, 3.8) is 0 Å². The van der Waals surface area contributed by atoms with Crippen LogP contribution in [0.2, 0.25) is 0 Å². The first-order valence-electron chi connectivity index (χ1n) is 9.70. The van der Waals surface area contributed by atoms with Crippen molar-refractivity contribution in [1.29, 1.82) is 0 Å². The van der Waals surface area contributed by atoms with E-state index in [2.05, 4.69) is 35.9 Å². The number of benzene rings is 1. The van der Waals surface area contributed by atoms with E-state index in [0.717, 1.165) is 24.9 Å². The van der Waals surface area contributed by atoms with E-state index in [0.29, 0.717) is 5.17 Å². The minimum absolute atomic E-state index is 0.0619. The van der Waals surface area contributed by atoms with E-state index in [-0.39, 0.29) is 34.6 Å². The van der Waals surface area contributed by atoms with Crippen LogP contribution in [0.25, 0.3) is 0 Å². The quantitative estimate of drug-likeness (QED) is 0.746. The molecule has 0 aliphatic carbocycles. The maximum absolute atomic E-state index is 12.5. The summed E-state index contributed by atoms with van der Waals surface area (Å²) in [7, 11) is -3.06. The zero-order valence-electron chi connectivity index (χ0n) is 16.4. The van der Waals surface area contributed by atoms with Gasteiger partial charge in [-0.1, -0.05) is 57.7 Å². The molecule has 7 heteroatoms. The summed E-state index contributed by atoms with van der Waals surface area (Å²) in [6.45, 7) is 8.07. The van der Waals surface area contributed by atoms with Gasteiger partial charge in [-0.3, -0.25) is 4.79 Å². The number of anilines is 1. The van der Waals surface area contributed by atoms with Gasteiger partial charge in [0, 0.05) is 16.9 Å². The minimum Gasteiger partial charge on any atom is -0.315 e. The Kier molecular flexibility index (Phi) is 6.01. The highest BCUT2D eigenvalue weighted by atomic mass is 32.2. The molecule has 27 heavy (non-hydrogen) atoms. The number of fused-ring (bicyclic) bond motifs is 1. The summed E-state index contributed by atoms with van der Waals surface area (Å²) in [5.41, 5.74) is 3.39. The van der Waals surface area contributed by atoms with Crippen molar-refractivity contribution in [1.82, 2.24) is 0 Å². The SMILES string of the molecule is CCc1cccc(CC)c1N1C(=NC(=O)[C@H](C)CC)S[C@@H]2CS(=O)(=O)C[C@H]21. The Balaban J connectivity index is 2.12. The molecule has 2 fully saturated rings. The zero-order chi connectivity index (χ0) is 19.8. The molecule has 1 aromatic rings. The van der Waals surface area contributed by atoms with E-state index in [1.54, 1.807) is 0 Å². The average Bonchev–Trinajstić information content (AvgIpc) is 3.10. The van der Waals surface area contributed by atoms with Crippen LogP contribution in [-0.4, -0.2) is 42.3 Å². The molecule has 0 spiro atoms. The molecule has 2 heterocycles. The van der Waals surface area contributed by atoms with Crippen molar-refractivity contribution < 1.29 is 13.2 Å². The standard InChI is InChI=1S/C20H28N2O3S2/c1-5-13(4)19(23)21-20-22(16-11-27(24,25)12-17(16)26-20)18-14(6-2)9-8-10-15(18)7-3/h8-10,13,16-17H,5-7,11-12H2,1-4H3/t13-,16-,17-/m1/s1. The van der Waals surface area contributed by atoms with Gasteiger partial charge in [-0.25, -0.2) is 8.42 Å². The average molecular weight is 409 g/mol. The van der Waals surface area contributed by atoms with E-state index < -0.39 is 9.84 Å². The van der Waals surface area contributed by atoms with Crippen molar-refractivity contribution in [2.75, 3.05) is 16.4 Å². The van der Waals surface area contributed by atoms with Gasteiger partial charge in [0.1, 0.15) is 0 Å². The van der Waals surface area contributed by atoms with Crippen LogP contribution in [0, 0.1) is 5.92 Å². The van der Waals surface area contributed by atoms with Crippen molar-refractivity contribution in [3.05, 3.63) is 29.3 Å². The third kappa shape index (κ3) is 3.94. The first kappa shape index (κ1) is 20.4. The second-order valence-corrected chi connectivity index (χ2v) is 10.7. The topological polar surface area (TPSA) is 66.8 Å². The van der Waals surface area contributed by atoms with Crippen molar-refractivity contribution in [2.45, 2.75) is 58.2 Å². The summed E-state index contributed by atoms with van der Waals surface area (Å²) in [6, 6.07) is 6.07. The number of sulfone groups is 1. The molecule has 0 aromatic heterocycles. The van der Waals surface area contributed by atoms with Crippen molar-refractivity contribution in [2.24, 2.45) is 10.9 Å². The number of thioether (sulfide) groups is 1. The van der Waals surface area contributed by atoms with E-state index in [9.17, 15) is 13.2 Å². The second-order valence-electron chi connectivity index (χ2n) is 7.34. The maximum Gasteiger partial charge on any atom is 0.250 e. The van der Waals surface area contributed by atoms with E-state index >= 15 is 0 Å². The third-order valence-electron chi connectivity index (χ3n) is 5.51. The third-order valence-corrected chi connectivity index (χ3v) is 8.72. The first-order valence-corrected chi connectivity index (χ1v) is 12.4.